The van der Waals surface area contributed by atoms with Gasteiger partial charge in [0.1, 0.15) is 24.1 Å². The Hall–Kier alpha value is -3.27. The predicted molar refractivity (Wildman–Crippen MR) is 150 cm³/mol. The third kappa shape index (κ3) is 7.86. The minimum Gasteiger partial charge on any atom is -0.457 e. The summed E-state index contributed by atoms with van der Waals surface area (Å²) in [7, 11) is -3.86. The van der Waals surface area contributed by atoms with Gasteiger partial charge in [0.15, 0.2) is 0 Å². The SMILES string of the molecule is CCNC(=O)C(C)N(Cc1ccc(Cl)cc1Cl)C(=O)CN(c1ccc(Oc2ccccc2)cc1)S(C)(=O)=O. The van der Waals surface area contributed by atoms with Crippen LogP contribution in [0.3, 0.4) is 0 Å². The van der Waals surface area contributed by atoms with Crippen LogP contribution in [0.15, 0.2) is 72.8 Å². The van der Waals surface area contributed by atoms with Crippen LogP contribution in [0.4, 0.5) is 5.69 Å². The molecular formula is C27H29Cl2N3O5S. The van der Waals surface area contributed by atoms with Crippen LogP contribution in [0, 0.1) is 0 Å². The fraction of sp³-hybridized carbons (Fsp3) is 0.259. The first kappa shape index (κ1) is 29.3. The molecule has 0 radical (unpaired) electrons. The molecule has 0 bridgehead atoms. The van der Waals surface area contributed by atoms with Gasteiger partial charge in [-0.1, -0.05) is 47.5 Å². The fourth-order valence-corrected chi connectivity index (χ4v) is 4.97. The molecule has 0 spiro atoms. The van der Waals surface area contributed by atoms with Crippen molar-refractivity contribution in [3.05, 3.63) is 88.4 Å². The number of halogens is 2. The molecule has 0 aliphatic rings. The Labute approximate surface area is 233 Å². The second-order valence-electron chi connectivity index (χ2n) is 8.51. The highest BCUT2D eigenvalue weighted by Crippen LogP contribution is 2.27. The lowest BCUT2D eigenvalue weighted by molar-refractivity contribution is -0.139. The summed E-state index contributed by atoms with van der Waals surface area (Å²) in [5.41, 5.74) is 0.838. The van der Waals surface area contributed by atoms with Crippen molar-refractivity contribution in [2.45, 2.75) is 26.4 Å². The van der Waals surface area contributed by atoms with Gasteiger partial charge in [0, 0.05) is 23.1 Å². The highest BCUT2D eigenvalue weighted by Gasteiger charge is 2.30. The van der Waals surface area contributed by atoms with Crippen molar-refractivity contribution in [1.82, 2.24) is 10.2 Å². The number of ether oxygens (including phenoxy) is 1. The predicted octanol–water partition coefficient (Wildman–Crippen LogP) is 5.11. The number of likely N-dealkylation sites (N-methyl/N-ethyl adjacent to an activating group) is 1. The van der Waals surface area contributed by atoms with Gasteiger partial charge in [0.2, 0.25) is 21.8 Å². The largest absolute Gasteiger partial charge is 0.457 e. The molecule has 1 unspecified atom stereocenters. The van der Waals surface area contributed by atoms with Gasteiger partial charge in [-0.25, -0.2) is 8.42 Å². The van der Waals surface area contributed by atoms with Gasteiger partial charge in [0.05, 0.1) is 11.9 Å². The van der Waals surface area contributed by atoms with Crippen molar-refractivity contribution in [2.75, 3.05) is 23.7 Å². The second kappa shape index (κ2) is 13.0. The maximum atomic E-state index is 13.6. The van der Waals surface area contributed by atoms with E-state index in [0.717, 1.165) is 10.6 Å². The van der Waals surface area contributed by atoms with Gasteiger partial charge < -0.3 is 15.0 Å². The topological polar surface area (TPSA) is 96.0 Å². The molecule has 3 aromatic rings. The van der Waals surface area contributed by atoms with Crippen LogP contribution in [-0.4, -0.2) is 50.5 Å². The Morgan fingerprint density at radius 1 is 0.974 bits per heavy atom. The molecule has 0 aliphatic heterocycles. The van der Waals surface area contributed by atoms with Gasteiger partial charge in [0.25, 0.3) is 0 Å². The molecule has 2 amide bonds. The lowest BCUT2D eigenvalue weighted by Gasteiger charge is -2.31. The molecule has 0 saturated heterocycles. The van der Waals surface area contributed by atoms with Crippen LogP contribution in [0.25, 0.3) is 0 Å². The van der Waals surface area contributed by atoms with E-state index in [-0.39, 0.29) is 18.1 Å². The van der Waals surface area contributed by atoms with E-state index in [0.29, 0.717) is 33.7 Å². The molecule has 3 rings (SSSR count). The second-order valence-corrected chi connectivity index (χ2v) is 11.3. The smallest absolute Gasteiger partial charge is 0.244 e. The van der Waals surface area contributed by atoms with E-state index < -0.39 is 28.5 Å². The molecule has 0 aliphatic carbocycles. The molecule has 11 heteroatoms. The minimum atomic E-state index is -3.86. The first-order valence-electron chi connectivity index (χ1n) is 11.8. The highest BCUT2D eigenvalue weighted by atomic mass is 35.5. The normalized spacial score (nSPS) is 11.9. The van der Waals surface area contributed by atoms with Gasteiger partial charge >= 0.3 is 0 Å². The molecule has 0 heterocycles. The fourth-order valence-electron chi connectivity index (χ4n) is 3.66. The molecule has 8 nitrogen and oxygen atoms in total. The first-order chi connectivity index (χ1) is 18.0. The van der Waals surface area contributed by atoms with Crippen LogP contribution in [0.5, 0.6) is 11.5 Å². The molecular weight excluding hydrogens is 549 g/mol. The highest BCUT2D eigenvalue weighted by molar-refractivity contribution is 7.92. The quantitative estimate of drug-likeness (QED) is 0.342. The molecule has 1 N–H and O–H groups in total. The summed E-state index contributed by atoms with van der Waals surface area (Å²) >= 11 is 12.3. The van der Waals surface area contributed by atoms with Gasteiger partial charge in [-0.3, -0.25) is 13.9 Å². The number of amides is 2. The van der Waals surface area contributed by atoms with E-state index in [1.54, 1.807) is 68.4 Å². The Balaban J connectivity index is 1.87. The number of hydrogen-bond donors (Lipinski definition) is 1. The van der Waals surface area contributed by atoms with Gasteiger partial charge in [-0.15, -0.1) is 0 Å². The number of nitrogens with one attached hydrogen (secondary N) is 1. The number of carbonyl (C=O) groups is 2. The van der Waals surface area contributed by atoms with E-state index in [2.05, 4.69) is 5.32 Å². The zero-order valence-electron chi connectivity index (χ0n) is 21.2. The maximum absolute atomic E-state index is 13.6. The summed E-state index contributed by atoms with van der Waals surface area (Å²) in [6.07, 6.45) is 1.02. The molecule has 202 valence electrons. The van der Waals surface area contributed by atoms with E-state index in [4.69, 9.17) is 27.9 Å². The minimum absolute atomic E-state index is 0.0193. The molecule has 0 fully saturated rings. The van der Waals surface area contributed by atoms with Crippen molar-refractivity contribution in [1.29, 1.82) is 0 Å². The summed E-state index contributed by atoms with van der Waals surface area (Å²) in [5, 5.41) is 3.45. The molecule has 38 heavy (non-hydrogen) atoms. The number of nitrogens with zero attached hydrogens (tertiary/aromatic N) is 2. The Morgan fingerprint density at radius 3 is 2.18 bits per heavy atom. The van der Waals surface area contributed by atoms with Crippen LogP contribution in [0.1, 0.15) is 19.4 Å². The lowest BCUT2D eigenvalue weighted by Crippen LogP contribution is -2.51. The summed E-state index contributed by atoms with van der Waals surface area (Å²) < 4.78 is 32.2. The lowest BCUT2D eigenvalue weighted by atomic mass is 10.1. The summed E-state index contributed by atoms with van der Waals surface area (Å²) in [6.45, 7) is 3.18. The summed E-state index contributed by atoms with van der Waals surface area (Å²) in [4.78, 5) is 27.5. The van der Waals surface area contributed by atoms with E-state index >= 15 is 0 Å². The summed E-state index contributed by atoms with van der Waals surface area (Å²) in [6, 6.07) is 19.4. The number of para-hydroxylation sites is 1. The Kier molecular flexibility index (Phi) is 10.0. The van der Waals surface area contributed by atoms with Crippen molar-refractivity contribution < 1.29 is 22.7 Å². The molecule has 0 saturated carbocycles. The maximum Gasteiger partial charge on any atom is 0.244 e. The summed E-state index contributed by atoms with van der Waals surface area (Å²) in [5.74, 6) is 0.180. The third-order valence-corrected chi connectivity index (χ3v) is 7.38. The Bertz CT molecular complexity index is 1370. The zero-order chi connectivity index (χ0) is 27.9. The van der Waals surface area contributed by atoms with Crippen LogP contribution >= 0.6 is 23.2 Å². The van der Waals surface area contributed by atoms with Gasteiger partial charge in [-0.2, -0.15) is 0 Å². The van der Waals surface area contributed by atoms with E-state index in [9.17, 15) is 18.0 Å². The van der Waals surface area contributed by atoms with Crippen molar-refractivity contribution in [3.63, 3.8) is 0 Å². The third-order valence-electron chi connectivity index (χ3n) is 5.66. The van der Waals surface area contributed by atoms with Crippen LogP contribution in [0.2, 0.25) is 10.0 Å². The number of hydrogen-bond acceptors (Lipinski definition) is 5. The number of rotatable bonds is 11. The van der Waals surface area contributed by atoms with Crippen molar-refractivity contribution >= 4 is 50.7 Å². The number of anilines is 1. The average molecular weight is 579 g/mol. The van der Waals surface area contributed by atoms with E-state index in [1.165, 1.54) is 4.90 Å². The standard InChI is InChI=1S/C27H29Cl2N3O5S/c1-4-30-27(34)19(2)31(17-20-10-11-21(28)16-25(20)29)26(33)18-32(38(3,35)36)22-12-14-24(15-13-22)37-23-8-6-5-7-9-23/h5-16,19H,4,17-18H2,1-3H3,(H,30,34). The number of benzene rings is 3. The Morgan fingerprint density at radius 2 is 1.61 bits per heavy atom. The molecule has 3 aromatic carbocycles. The van der Waals surface area contributed by atoms with Gasteiger partial charge in [-0.05, 0) is 67.9 Å². The molecule has 1 atom stereocenters. The first-order valence-corrected chi connectivity index (χ1v) is 14.4. The average Bonchev–Trinajstić information content (AvgIpc) is 2.87. The zero-order valence-corrected chi connectivity index (χ0v) is 23.6. The number of sulfonamides is 1. The van der Waals surface area contributed by atoms with Crippen molar-refractivity contribution in [3.8, 4) is 11.5 Å². The molecule has 0 aromatic heterocycles. The van der Waals surface area contributed by atoms with Crippen LogP contribution in [-0.2, 0) is 26.2 Å². The van der Waals surface area contributed by atoms with Crippen LogP contribution < -0.4 is 14.4 Å². The van der Waals surface area contributed by atoms with E-state index in [1.807, 2.05) is 18.2 Å². The monoisotopic (exact) mass is 577 g/mol. The van der Waals surface area contributed by atoms with Crippen molar-refractivity contribution in [2.24, 2.45) is 0 Å². The number of carbonyl (C=O) groups excluding carboxylic acids is 2.